The first-order valence-corrected chi connectivity index (χ1v) is 7.19. The molecule has 1 aromatic heterocycles. The van der Waals surface area contributed by atoms with Crippen molar-refractivity contribution >= 4 is 0 Å². The first-order chi connectivity index (χ1) is 9.16. The molecule has 20 heavy (non-hydrogen) atoms. The van der Waals surface area contributed by atoms with E-state index in [-0.39, 0.29) is 11.1 Å². The monoisotopic (exact) mass is 283 g/mol. The number of hydrogen-bond acceptors (Lipinski definition) is 4. The van der Waals surface area contributed by atoms with Crippen molar-refractivity contribution in [3.8, 4) is 0 Å². The second-order valence-electron chi connectivity index (χ2n) is 7.04. The predicted octanol–water partition coefficient (Wildman–Crippen LogP) is 3.50. The SMILES string of the molecule is CC(C)(C)NCc1coc(COCCOC(C)(C)C)c1. The molecule has 0 aromatic carbocycles. The van der Waals surface area contributed by atoms with Crippen molar-refractivity contribution in [3.05, 3.63) is 23.7 Å². The van der Waals surface area contributed by atoms with E-state index < -0.39 is 0 Å². The fourth-order valence-electron chi connectivity index (χ4n) is 1.54. The minimum atomic E-state index is -0.111. The van der Waals surface area contributed by atoms with Crippen LogP contribution in [0.5, 0.6) is 0 Å². The summed E-state index contributed by atoms with van der Waals surface area (Å²) in [7, 11) is 0. The van der Waals surface area contributed by atoms with Crippen molar-refractivity contribution in [2.75, 3.05) is 13.2 Å². The quantitative estimate of drug-likeness (QED) is 0.778. The Morgan fingerprint density at radius 3 is 2.40 bits per heavy atom. The molecular weight excluding hydrogens is 254 g/mol. The fourth-order valence-corrected chi connectivity index (χ4v) is 1.54. The Morgan fingerprint density at radius 1 is 1.10 bits per heavy atom. The minimum Gasteiger partial charge on any atom is -0.467 e. The molecule has 0 spiro atoms. The standard InChI is InChI=1S/C16H29NO3/c1-15(2,3)17-10-13-9-14(19-11-13)12-18-7-8-20-16(4,5)6/h9,11,17H,7-8,10,12H2,1-6H3. The van der Waals surface area contributed by atoms with E-state index >= 15 is 0 Å². The third-order valence-corrected chi connectivity index (χ3v) is 2.54. The molecule has 1 heterocycles. The van der Waals surface area contributed by atoms with Crippen molar-refractivity contribution in [2.45, 2.75) is 65.8 Å². The van der Waals surface area contributed by atoms with Gasteiger partial charge in [-0.3, -0.25) is 0 Å². The van der Waals surface area contributed by atoms with E-state index in [4.69, 9.17) is 13.9 Å². The maximum Gasteiger partial charge on any atom is 0.129 e. The lowest BCUT2D eigenvalue weighted by molar-refractivity contribution is -0.0394. The van der Waals surface area contributed by atoms with Crippen LogP contribution < -0.4 is 5.32 Å². The maximum atomic E-state index is 5.58. The van der Waals surface area contributed by atoms with Gasteiger partial charge < -0.3 is 19.2 Å². The lowest BCUT2D eigenvalue weighted by atomic mass is 10.1. The molecule has 0 bridgehead atoms. The van der Waals surface area contributed by atoms with Gasteiger partial charge in [0.1, 0.15) is 12.4 Å². The van der Waals surface area contributed by atoms with Gasteiger partial charge >= 0.3 is 0 Å². The smallest absolute Gasteiger partial charge is 0.129 e. The van der Waals surface area contributed by atoms with Crippen LogP contribution in [0, 0.1) is 0 Å². The number of ether oxygens (including phenoxy) is 2. The molecule has 0 saturated carbocycles. The number of nitrogens with one attached hydrogen (secondary N) is 1. The zero-order chi connectivity index (χ0) is 15.2. The fraction of sp³-hybridized carbons (Fsp3) is 0.750. The van der Waals surface area contributed by atoms with E-state index in [0.29, 0.717) is 19.8 Å². The minimum absolute atomic E-state index is 0.109. The largest absolute Gasteiger partial charge is 0.467 e. The van der Waals surface area contributed by atoms with E-state index in [1.165, 1.54) is 0 Å². The van der Waals surface area contributed by atoms with Crippen molar-refractivity contribution in [3.63, 3.8) is 0 Å². The molecule has 1 rings (SSSR count). The van der Waals surface area contributed by atoms with Crippen LogP contribution in [0.1, 0.15) is 52.9 Å². The van der Waals surface area contributed by atoms with Crippen LogP contribution in [0.3, 0.4) is 0 Å². The van der Waals surface area contributed by atoms with Crippen LogP contribution in [0.25, 0.3) is 0 Å². The highest BCUT2D eigenvalue weighted by molar-refractivity contribution is 5.12. The van der Waals surface area contributed by atoms with Gasteiger partial charge in [-0.25, -0.2) is 0 Å². The first kappa shape index (κ1) is 17.2. The molecule has 0 unspecified atom stereocenters. The zero-order valence-corrected chi connectivity index (χ0v) is 13.7. The van der Waals surface area contributed by atoms with Gasteiger partial charge in [0.15, 0.2) is 0 Å². The Hall–Kier alpha value is -0.840. The second-order valence-corrected chi connectivity index (χ2v) is 7.04. The molecule has 4 nitrogen and oxygen atoms in total. The summed E-state index contributed by atoms with van der Waals surface area (Å²) in [6.45, 7) is 15.0. The molecule has 0 aliphatic heterocycles. The van der Waals surface area contributed by atoms with Crippen LogP contribution in [-0.4, -0.2) is 24.4 Å². The topological polar surface area (TPSA) is 43.6 Å². The lowest BCUT2D eigenvalue weighted by Gasteiger charge is -2.19. The summed E-state index contributed by atoms with van der Waals surface area (Å²) in [5.74, 6) is 0.853. The van der Waals surface area contributed by atoms with Crippen LogP contribution in [0.2, 0.25) is 0 Å². The molecule has 116 valence electrons. The first-order valence-electron chi connectivity index (χ1n) is 7.19. The normalized spacial score (nSPS) is 12.9. The summed E-state index contributed by atoms with van der Waals surface area (Å²) in [4.78, 5) is 0. The molecule has 0 saturated heterocycles. The third-order valence-electron chi connectivity index (χ3n) is 2.54. The van der Waals surface area contributed by atoms with E-state index in [1.807, 2.05) is 26.8 Å². The summed E-state index contributed by atoms with van der Waals surface area (Å²) in [6, 6.07) is 2.03. The van der Waals surface area contributed by atoms with Gasteiger partial charge in [0.2, 0.25) is 0 Å². The van der Waals surface area contributed by atoms with Gasteiger partial charge in [0, 0.05) is 17.6 Å². The average Bonchev–Trinajstić information content (AvgIpc) is 2.71. The van der Waals surface area contributed by atoms with Crippen molar-refractivity contribution in [1.82, 2.24) is 5.32 Å². The zero-order valence-electron chi connectivity index (χ0n) is 13.7. The van der Waals surface area contributed by atoms with Gasteiger partial charge in [-0.15, -0.1) is 0 Å². The molecule has 0 amide bonds. The third kappa shape index (κ3) is 8.35. The highest BCUT2D eigenvalue weighted by Gasteiger charge is 2.11. The molecule has 0 atom stereocenters. The van der Waals surface area contributed by atoms with Crippen LogP contribution >= 0.6 is 0 Å². The Morgan fingerprint density at radius 2 is 1.80 bits per heavy atom. The molecule has 0 aliphatic rings. The molecule has 1 N–H and O–H groups in total. The molecule has 0 radical (unpaired) electrons. The van der Waals surface area contributed by atoms with Crippen LogP contribution in [0.4, 0.5) is 0 Å². The Bertz CT molecular complexity index is 385. The van der Waals surface area contributed by atoms with Crippen molar-refractivity contribution in [1.29, 1.82) is 0 Å². The highest BCUT2D eigenvalue weighted by atomic mass is 16.5. The second kappa shape index (κ2) is 7.25. The number of hydrogen-bond donors (Lipinski definition) is 1. The summed E-state index contributed by atoms with van der Waals surface area (Å²) in [5, 5.41) is 3.42. The summed E-state index contributed by atoms with van der Waals surface area (Å²) >= 11 is 0. The number of furan rings is 1. The van der Waals surface area contributed by atoms with Crippen LogP contribution in [0.15, 0.2) is 16.7 Å². The van der Waals surface area contributed by atoms with Gasteiger partial charge in [0.05, 0.1) is 25.1 Å². The molecular formula is C16H29NO3. The summed E-state index contributed by atoms with van der Waals surface area (Å²) in [5.41, 5.74) is 1.14. The highest BCUT2D eigenvalue weighted by Crippen LogP contribution is 2.11. The van der Waals surface area contributed by atoms with Crippen LogP contribution in [-0.2, 0) is 22.6 Å². The van der Waals surface area contributed by atoms with E-state index in [2.05, 4.69) is 26.1 Å². The number of rotatable bonds is 7. The van der Waals surface area contributed by atoms with E-state index in [0.717, 1.165) is 17.9 Å². The lowest BCUT2D eigenvalue weighted by Crippen LogP contribution is -2.34. The summed E-state index contributed by atoms with van der Waals surface area (Å²) < 4.78 is 16.6. The maximum absolute atomic E-state index is 5.58. The molecule has 0 aliphatic carbocycles. The summed E-state index contributed by atoms with van der Waals surface area (Å²) in [6.07, 6.45) is 1.78. The van der Waals surface area contributed by atoms with Gasteiger partial charge in [0.25, 0.3) is 0 Å². The average molecular weight is 283 g/mol. The Kier molecular flexibility index (Phi) is 6.24. The van der Waals surface area contributed by atoms with E-state index in [1.54, 1.807) is 6.26 Å². The van der Waals surface area contributed by atoms with E-state index in [9.17, 15) is 0 Å². The Balaban J connectivity index is 2.20. The van der Waals surface area contributed by atoms with Gasteiger partial charge in [-0.1, -0.05) is 0 Å². The molecule has 0 fully saturated rings. The van der Waals surface area contributed by atoms with Crippen molar-refractivity contribution < 1.29 is 13.9 Å². The Labute approximate surface area is 122 Å². The predicted molar refractivity (Wildman–Crippen MR) is 80.7 cm³/mol. The van der Waals surface area contributed by atoms with Gasteiger partial charge in [-0.05, 0) is 47.6 Å². The molecule has 1 aromatic rings. The van der Waals surface area contributed by atoms with Gasteiger partial charge in [-0.2, -0.15) is 0 Å². The molecule has 4 heteroatoms. The van der Waals surface area contributed by atoms with Crippen molar-refractivity contribution in [2.24, 2.45) is 0 Å².